The van der Waals surface area contributed by atoms with Crippen molar-refractivity contribution < 1.29 is 18.7 Å². The number of rotatable bonds is 7. The quantitative estimate of drug-likeness (QED) is 0.441. The van der Waals surface area contributed by atoms with Gasteiger partial charge >= 0.3 is 0 Å². The first-order valence-corrected chi connectivity index (χ1v) is 13.3. The number of halogens is 1. The number of ether oxygens (including phenoxy) is 1. The van der Waals surface area contributed by atoms with Gasteiger partial charge in [0.05, 0.1) is 30.4 Å². The minimum atomic E-state index is -0.805. The number of imide groups is 1. The third kappa shape index (κ3) is 5.29. The summed E-state index contributed by atoms with van der Waals surface area (Å²) in [5.74, 6) is -1.17. The van der Waals surface area contributed by atoms with Crippen molar-refractivity contribution in [1.29, 1.82) is 0 Å². The molecule has 10 nitrogen and oxygen atoms in total. The summed E-state index contributed by atoms with van der Waals surface area (Å²) in [7, 11) is 0. The van der Waals surface area contributed by atoms with Crippen LogP contribution in [0.4, 0.5) is 10.1 Å². The fourth-order valence-electron chi connectivity index (χ4n) is 5.62. The summed E-state index contributed by atoms with van der Waals surface area (Å²) >= 11 is 0. The maximum Gasteiger partial charge on any atom is 0.264 e. The molecule has 0 aliphatic carbocycles. The smallest absolute Gasteiger partial charge is 0.264 e. The molecule has 3 aromatic rings. The Morgan fingerprint density at radius 1 is 1.10 bits per heavy atom. The summed E-state index contributed by atoms with van der Waals surface area (Å²) < 4.78 is 21.7. The number of amides is 2. The van der Waals surface area contributed by atoms with Gasteiger partial charge in [0, 0.05) is 63.0 Å². The largest absolute Gasteiger partial charge is 0.380 e. The third-order valence-electron chi connectivity index (χ3n) is 7.85. The molecule has 3 aliphatic heterocycles. The number of aromatic nitrogens is 2. The van der Waals surface area contributed by atoms with Gasteiger partial charge in [0.15, 0.2) is 0 Å². The fourth-order valence-corrected chi connectivity index (χ4v) is 5.62. The number of benzene rings is 2. The molecule has 204 valence electrons. The summed E-state index contributed by atoms with van der Waals surface area (Å²) in [5, 5.41) is 5.78. The van der Waals surface area contributed by atoms with Crippen LogP contribution in [0, 0.1) is 5.82 Å². The van der Waals surface area contributed by atoms with Crippen molar-refractivity contribution in [3.05, 3.63) is 70.0 Å². The lowest BCUT2D eigenvalue weighted by Crippen LogP contribution is -2.60. The molecular weight excluding hydrogens is 503 g/mol. The third-order valence-corrected chi connectivity index (χ3v) is 7.85. The number of piperidine rings is 1. The molecule has 2 N–H and O–H groups in total. The SMILES string of the molecule is O=C1CCC(n2cnc3cccc(NCc4ccc(CN5CC(N6CCOCC6)C5)cc4F)c3c2=O)C(=O)N1. The van der Waals surface area contributed by atoms with Gasteiger partial charge in [-0.05, 0) is 30.2 Å². The van der Waals surface area contributed by atoms with Crippen molar-refractivity contribution >= 4 is 28.4 Å². The summed E-state index contributed by atoms with van der Waals surface area (Å²) in [6, 6.07) is 10.3. The molecule has 2 aromatic carbocycles. The van der Waals surface area contributed by atoms with Crippen LogP contribution in [-0.2, 0) is 27.4 Å². The molecule has 1 atom stereocenters. The van der Waals surface area contributed by atoms with E-state index in [0.29, 0.717) is 34.7 Å². The molecule has 0 saturated carbocycles. The average Bonchev–Trinajstić information content (AvgIpc) is 2.91. The van der Waals surface area contributed by atoms with E-state index in [1.54, 1.807) is 30.3 Å². The van der Waals surface area contributed by atoms with Crippen LogP contribution in [0.1, 0.15) is 30.0 Å². The monoisotopic (exact) mass is 534 g/mol. The van der Waals surface area contributed by atoms with Crippen LogP contribution in [0.3, 0.4) is 0 Å². The molecule has 1 aromatic heterocycles. The first-order chi connectivity index (χ1) is 19.0. The van der Waals surface area contributed by atoms with E-state index in [0.717, 1.165) is 45.0 Å². The lowest BCUT2D eigenvalue weighted by molar-refractivity contribution is -0.135. The number of anilines is 1. The van der Waals surface area contributed by atoms with Crippen molar-refractivity contribution in [3.63, 3.8) is 0 Å². The maximum atomic E-state index is 15.0. The average molecular weight is 535 g/mol. The molecule has 4 heterocycles. The van der Waals surface area contributed by atoms with Crippen molar-refractivity contribution in [2.45, 2.75) is 38.0 Å². The maximum absolute atomic E-state index is 15.0. The van der Waals surface area contributed by atoms with Gasteiger partial charge in [0.1, 0.15) is 11.9 Å². The van der Waals surface area contributed by atoms with E-state index in [9.17, 15) is 14.4 Å². The minimum Gasteiger partial charge on any atom is -0.380 e. The number of hydrogen-bond acceptors (Lipinski definition) is 8. The van der Waals surface area contributed by atoms with E-state index in [1.165, 1.54) is 10.9 Å². The zero-order valence-corrected chi connectivity index (χ0v) is 21.6. The highest BCUT2D eigenvalue weighted by Crippen LogP contribution is 2.24. The Hall–Kier alpha value is -3.67. The molecule has 0 bridgehead atoms. The molecule has 2 amide bonds. The van der Waals surface area contributed by atoms with Crippen LogP contribution in [0.15, 0.2) is 47.5 Å². The first kappa shape index (κ1) is 25.6. The van der Waals surface area contributed by atoms with E-state index in [-0.39, 0.29) is 31.1 Å². The van der Waals surface area contributed by atoms with Crippen LogP contribution in [-0.4, -0.2) is 76.6 Å². The number of fused-ring (bicyclic) bond motifs is 1. The highest BCUT2D eigenvalue weighted by Gasteiger charge is 2.32. The Morgan fingerprint density at radius 2 is 1.92 bits per heavy atom. The molecule has 3 aliphatic rings. The molecule has 3 fully saturated rings. The minimum absolute atomic E-state index is 0.155. The molecule has 6 rings (SSSR count). The number of hydrogen-bond donors (Lipinski definition) is 2. The number of nitrogens with zero attached hydrogens (tertiary/aromatic N) is 4. The summed E-state index contributed by atoms with van der Waals surface area (Å²) in [5.41, 5.74) is 2.00. The van der Waals surface area contributed by atoms with Crippen molar-refractivity contribution in [2.24, 2.45) is 0 Å². The zero-order chi connectivity index (χ0) is 26.9. The Balaban J connectivity index is 1.13. The van der Waals surface area contributed by atoms with Crippen LogP contribution in [0.25, 0.3) is 10.9 Å². The Morgan fingerprint density at radius 3 is 2.69 bits per heavy atom. The summed E-state index contributed by atoms with van der Waals surface area (Å²) in [6.07, 6.45) is 1.73. The van der Waals surface area contributed by atoms with E-state index in [2.05, 4.69) is 25.4 Å². The summed E-state index contributed by atoms with van der Waals surface area (Å²) in [6.45, 7) is 6.40. The predicted octanol–water partition coefficient (Wildman–Crippen LogP) is 1.64. The Labute approximate surface area is 224 Å². The second kappa shape index (κ2) is 10.8. The van der Waals surface area contributed by atoms with E-state index in [4.69, 9.17) is 4.74 Å². The van der Waals surface area contributed by atoms with Crippen LogP contribution < -0.4 is 16.2 Å². The van der Waals surface area contributed by atoms with Crippen molar-refractivity contribution in [2.75, 3.05) is 44.7 Å². The van der Waals surface area contributed by atoms with Crippen LogP contribution >= 0.6 is 0 Å². The number of carbonyl (C=O) groups is 2. The number of nitrogens with one attached hydrogen (secondary N) is 2. The lowest BCUT2D eigenvalue weighted by Gasteiger charge is -2.46. The fraction of sp³-hybridized carbons (Fsp3) is 0.429. The highest BCUT2D eigenvalue weighted by atomic mass is 19.1. The topological polar surface area (TPSA) is 109 Å². The number of carbonyl (C=O) groups excluding carboxylic acids is 2. The van der Waals surface area contributed by atoms with Crippen LogP contribution in [0.2, 0.25) is 0 Å². The number of morpholine rings is 1. The van der Waals surface area contributed by atoms with E-state index < -0.39 is 17.5 Å². The van der Waals surface area contributed by atoms with Gasteiger partial charge in [-0.3, -0.25) is 34.1 Å². The molecule has 3 saturated heterocycles. The molecular formula is C28H31FN6O4. The standard InChI is InChI=1S/C28H31FN6O4/c29-21-12-18(14-33-15-20(16-33)34-8-10-39-11-9-34)4-5-19(21)13-30-22-2-1-3-23-26(22)28(38)35(17-31-23)24-6-7-25(36)32-27(24)37/h1-5,12,17,20,24,30H,6-11,13-16H2,(H,32,36,37). The van der Waals surface area contributed by atoms with Gasteiger partial charge < -0.3 is 10.1 Å². The van der Waals surface area contributed by atoms with Gasteiger partial charge in [0.25, 0.3) is 5.56 Å². The first-order valence-electron chi connectivity index (χ1n) is 13.3. The van der Waals surface area contributed by atoms with E-state index >= 15 is 4.39 Å². The lowest BCUT2D eigenvalue weighted by atomic mass is 10.0. The van der Waals surface area contributed by atoms with Gasteiger partial charge in [-0.2, -0.15) is 0 Å². The molecule has 11 heteroatoms. The molecule has 1 unspecified atom stereocenters. The number of likely N-dealkylation sites (tertiary alicyclic amines) is 1. The molecule has 39 heavy (non-hydrogen) atoms. The predicted molar refractivity (Wildman–Crippen MR) is 143 cm³/mol. The van der Waals surface area contributed by atoms with Crippen molar-refractivity contribution in [1.82, 2.24) is 24.7 Å². The second-order valence-corrected chi connectivity index (χ2v) is 10.4. The Kier molecular flexibility index (Phi) is 7.11. The van der Waals surface area contributed by atoms with Gasteiger partial charge in [0.2, 0.25) is 11.8 Å². The Bertz CT molecular complexity index is 1460. The van der Waals surface area contributed by atoms with Crippen molar-refractivity contribution in [3.8, 4) is 0 Å². The van der Waals surface area contributed by atoms with E-state index in [1.807, 2.05) is 6.07 Å². The highest BCUT2D eigenvalue weighted by molar-refractivity contribution is 5.99. The molecule has 0 spiro atoms. The zero-order valence-electron chi connectivity index (χ0n) is 21.6. The van der Waals surface area contributed by atoms with Gasteiger partial charge in [-0.15, -0.1) is 0 Å². The summed E-state index contributed by atoms with van der Waals surface area (Å²) in [4.78, 5) is 46.4. The van der Waals surface area contributed by atoms with Gasteiger partial charge in [-0.1, -0.05) is 18.2 Å². The normalized spacial score (nSPS) is 21.1. The van der Waals surface area contributed by atoms with Gasteiger partial charge in [-0.25, -0.2) is 9.37 Å². The second-order valence-electron chi connectivity index (χ2n) is 10.4. The van der Waals surface area contributed by atoms with Crippen LogP contribution in [0.5, 0.6) is 0 Å². The molecule has 0 radical (unpaired) electrons.